The lowest BCUT2D eigenvalue weighted by Gasteiger charge is -2.14. The smallest absolute Gasteiger partial charge is 0.306 e. The van der Waals surface area contributed by atoms with Crippen molar-refractivity contribution in [1.82, 2.24) is 14.5 Å². The molecule has 0 fully saturated rings. The number of benzene rings is 1. The predicted octanol–water partition coefficient (Wildman–Crippen LogP) is 0.935. The third-order valence-electron chi connectivity index (χ3n) is 3.42. The van der Waals surface area contributed by atoms with Gasteiger partial charge in [0.15, 0.2) is 0 Å². The minimum Gasteiger partial charge on any atom is -0.306 e. The first kappa shape index (κ1) is 14.3. The van der Waals surface area contributed by atoms with E-state index in [0.29, 0.717) is 12.1 Å². The summed E-state index contributed by atoms with van der Waals surface area (Å²) in [5.74, 6) is 0. The number of hydrogen-bond donors (Lipinski definition) is 1. The van der Waals surface area contributed by atoms with Gasteiger partial charge in [-0.15, -0.1) is 0 Å². The van der Waals surface area contributed by atoms with E-state index in [0.717, 1.165) is 10.1 Å². The summed E-state index contributed by atoms with van der Waals surface area (Å²) in [5.41, 5.74) is 1.18. The van der Waals surface area contributed by atoms with Crippen LogP contribution in [0.25, 0.3) is 0 Å². The van der Waals surface area contributed by atoms with Gasteiger partial charge in [0.2, 0.25) is 0 Å². The van der Waals surface area contributed by atoms with E-state index in [2.05, 4.69) is 5.32 Å². The Morgan fingerprint density at radius 2 is 1.80 bits per heavy atom. The van der Waals surface area contributed by atoms with Crippen molar-refractivity contribution in [3.63, 3.8) is 0 Å². The Balaban J connectivity index is 2.16. The third-order valence-corrected chi connectivity index (χ3v) is 3.42. The Labute approximate surface area is 117 Å². The van der Waals surface area contributed by atoms with E-state index in [9.17, 15) is 9.59 Å². The summed E-state index contributed by atoms with van der Waals surface area (Å²) in [4.78, 5) is 23.6. The van der Waals surface area contributed by atoms with Crippen LogP contribution in [0.4, 0.5) is 0 Å². The minimum atomic E-state index is -0.310. The predicted molar refractivity (Wildman–Crippen MR) is 78.6 cm³/mol. The topological polar surface area (TPSA) is 56.0 Å². The molecule has 1 N–H and O–H groups in total. The van der Waals surface area contributed by atoms with Crippen molar-refractivity contribution in [2.24, 2.45) is 14.1 Å². The van der Waals surface area contributed by atoms with Gasteiger partial charge in [0.05, 0.1) is 0 Å². The van der Waals surface area contributed by atoms with Gasteiger partial charge < -0.3 is 9.88 Å². The molecule has 1 heterocycles. The van der Waals surface area contributed by atoms with Crippen LogP contribution in [0.2, 0.25) is 0 Å². The summed E-state index contributed by atoms with van der Waals surface area (Å²) in [6, 6.07) is 10.2. The Bertz CT molecular complexity index is 701. The molecular weight excluding hydrogens is 254 g/mol. The van der Waals surface area contributed by atoms with Crippen LogP contribution in [0, 0.1) is 0 Å². The Kier molecular flexibility index (Phi) is 4.20. The van der Waals surface area contributed by atoms with Crippen LogP contribution in [0.15, 0.2) is 46.1 Å². The molecule has 0 bridgehead atoms. The van der Waals surface area contributed by atoms with Crippen molar-refractivity contribution in [1.29, 1.82) is 0 Å². The second kappa shape index (κ2) is 5.88. The fourth-order valence-electron chi connectivity index (χ4n) is 2.13. The van der Waals surface area contributed by atoms with Crippen LogP contribution in [0.1, 0.15) is 24.1 Å². The highest BCUT2D eigenvalue weighted by Gasteiger charge is 2.09. The SMILES string of the molecule is C[C@@H](NCc1cn(C)c(=O)n(C)c1=O)c1ccccc1. The van der Waals surface area contributed by atoms with Crippen LogP contribution < -0.4 is 16.6 Å². The molecule has 5 nitrogen and oxygen atoms in total. The van der Waals surface area contributed by atoms with Crippen LogP contribution in [-0.2, 0) is 20.6 Å². The summed E-state index contributed by atoms with van der Waals surface area (Å²) >= 11 is 0. The second-order valence-corrected chi connectivity index (χ2v) is 4.93. The lowest BCUT2D eigenvalue weighted by Crippen LogP contribution is -2.39. The maximum atomic E-state index is 12.0. The first-order chi connectivity index (χ1) is 9.50. The molecule has 5 heteroatoms. The van der Waals surface area contributed by atoms with E-state index >= 15 is 0 Å². The van der Waals surface area contributed by atoms with E-state index < -0.39 is 0 Å². The zero-order valence-corrected chi connectivity index (χ0v) is 12.0. The molecule has 0 aliphatic heterocycles. The van der Waals surface area contributed by atoms with E-state index in [-0.39, 0.29) is 17.3 Å². The van der Waals surface area contributed by atoms with Gasteiger partial charge in [-0.3, -0.25) is 9.36 Å². The number of nitrogens with zero attached hydrogens (tertiary/aromatic N) is 2. The Hall–Kier alpha value is -2.14. The Morgan fingerprint density at radius 1 is 1.15 bits per heavy atom. The lowest BCUT2D eigenvalue weighted by atomic mass is 10.1. The van der Waals surface area contributed by atoms with E-state index in [1.807, 2.05) is 37.3 Å². The molecule has 1 aromatic carbocycles. The van der Waals surface area contributed by atoms with Crippen LogP contribution in [0.3, 0.4) is 0 Å². The fraction of sp³-hybridized carbons (Fsp3) is 0.333. The largest absolute Gasteiger partial charge is 0.330 e. The van der Waals surface area contributed by atoms with Crippen LogP contribution in [-0.4, -0.2) is 9.13 Å². The minimum absolute atomic E-state index is 0.137. The van der Waals surface area contributed by atoms with Gasteiger partial charge in [0.25, 0.3) is 5.56 Å². The highest BCUT2D eigenvalue weighted by molar-refractivity contribution is 5.18. The molecule has 0 radical (unpaired) electrons. The average molecular weight is 273 g/mol. The molecule has 2 aromatic rings. The monoisotopic (exact) mass is 273 g/mol. The fourth-order valence-corrected chi connectivity index (χ4v) is 2.13. The van der Waals surface area contributed by atoms with Crippen molar-refractivity contribution in [2.75, 3.05) is 0 Å². The summed E-state index contributed by atoms with van der Waals surface area (Å²) in [7, 11) is 3.14. The van der Waals surface area contributed by atoms with Crippen molar-refractivity contribution >= 4 is 0 Å². The van der Waals surface area contributed by atoms with Gasteiger partial charge in [0.1, 0.15) is 0 Å². The molecule has 0 unspecified atom stereocenters. The second-order valence-electron chi connectivity index (χ2n) is 4.93. The maximum Gasteiger partial charge on any atom is 0.330 e. The van der Waals surface area contributed by atoms with Crippen molar-refractivity contribution in [3.8, 4) is 0 Å². The van der Waals surface area contributed by atoms with Crippen LogP contribution in [0.5, 0.6) is 0 Å². The molecular formula is C15H19N3O2. The van der Waals surface area contributed by atoms with Gasteiger partial charge in [0, 0.05) is 38.4 Å². The summed E-state index contributed by atoms with van der Waals surface area (Å²) in [5, 5.41) is 3.30. The number of aromatic nitrogens is 2. The molecule has 0 spiro atoms. The normalized spacial score (nSPS) is 12.3. The van der Waals surface area contributed by atoms with Gasteiger partial charge in [-0.2, -0.15) is 0 Å². The quantitative estimate of drug-likeness (QED) is 0.902. The van der Waals surface area contributed by atoms with Crippen molar-refractivity contribution in [3.05, 3.63) is 68.5 Å². The first-order valence-corrected chi connectivity index (χ1v) is 6.54. The highest BCUT2D eigenvalue weighted by Crippen LogP contribution is 2.11. The first-order valence-electron chi connectivity index (χ1n) is 6.54. The summed E-state index contributed by atoms with van der Waals surface area (Å²) < 4.78 is 2.55. The summed E-state index contributed by atoms with van der Waals surface area (Å²) in [6.45, 7) is 2.47. The maximum absolute atomic E-state index is 12.0. The number of rotatable bonds is 4. The molecule has 0 saturated carbocycles. The zero-order valence-electron chi connectivity index (χ0n) is 12.0. The molecule has 0 aliphatic rings. The average Bonchev–Trinajstić information content (AvgIpc) is 2.48. The molecule has 20 heavy (non-hydrogen) atoms. The standard InChI is InChI=1S/C15H19N3O2/c1-11(12-7-5-4-6-8-12)16-9-13-10-17(2)15(20)18(3)14(13)19/h4-8,10-11,16H,9H2,1-3H3/t11-/m1/s1. The van der Waals surface area contributed by atoms with Crippen molar-refractivity contribution < 1.29 is 0 Å². The molecule has 1 atom stereocenters. The number of aryl methyl sites for hydroxylation is 1. The molecule has 0 amide bonds. The number of nitrogens with one attached hydrogen (secondary N) is 1. The van der Waals surface area contributed by atoms with Gasteiger partial charge in [-0.1, -0.05) is 30.3 Å². The molecule has 1 aromatic heterocycles. The van der Waals surface area contributed by atoms with E-state index in [4.69, 9.17) is 0 Å². The van der Waals surface area contributed by atoms with Gasteiger partial charge >= 0.3 is 5.69 Å². The summed E-state index contributed by atoms with van der Waals surface area (Å²) in [6.07, 6.45) is 1.59. The van der Waals surface area contributed by atoms with Crippen molar-refractivity contribution in [2.45, 2.75) is 19.5 Å². The van der Waals surface area contributed by atoms with E-state index in [1.54, 1.807) is 13.2 Å². The molecule has 0 saturated heterocycles. The van der Waals surface area contributed by atoms with Crippen LogP contribution >= 0.6 is 0 Å². The van der Waals surface area contributed by atoms with Gasteiger partial charge in [-0.25, -0.2) is 4.79 Å². The van der Waals surface area contributed by atoms with E-state index in [1.165, 1.54) is 11.6 Å². The lowest BCUT2D eigenvalue weighted by molar-refractivity contribution is 0.559. The zero-order chi connectivity index (χ0) is 14.7. The molecule has 0 aliphatic carbocycles. The third kappa shape index (κ3) is 2.88. The molecule has 2 rings (SSSR count). The van der Waals surface area contributed by atoms with Gasteiger partial charge in [-0.05, 0) is 12.5 Å². The number of hydrogen-bond acceptors (Lipinski definition) is 3. The molecule has 106 valence electrons. The highest BCUT2D eigenvalue weighted by atomic mass is 16.2. The Morgan fingerprint density at radius 3 is 2.45 bits per heavy atom.